The van der Waals surface area contributed by atoms with Crippen molar-refractivity contribution in [1.82, 2.24) is 0 Å². The van der Waals surface area contributed by atoms with Crippen LogP contribution < -0.4 is 4.74 Å². The molecule has 0 radical (unpaired) electrons. The summed E-state index contributed by atoms with van der Waals surface area (Å²) in [7, 11) is 0. The molecule has 92 valence electrons. The summed E-state index contributed by atoms with van der Waals surface area (Å²) in [6.45, 7) is 2.40. The Balaban J connectivity index is 1.70. The van der Waals surface area contributed by atoms with Crippen molar-refractivity contribution in [2.75, 3.05) is 19.8 Å². The first-order valence-electron chi connectivity index (χ1n) is 6.28. The minimum Gasteiger partial charge on any atom is -0.493 e. The van der Waals surface area contributed by atoms with E-state index in [0.717, 1.165) is 38.4 Å². The van der Waals surface area contributed by atoms with E-state index in [0.29, 0.717) is 11.8 Å². The summed E-state index contributed by atoms with van der Waals surface area (Å²) in [6, 6.07) is 8.32. The lowest BCUT2D eigenvalue weighted by Gasteiger charge is -2.28. The molecule has 0 N–H and O–H groups in total. The number of benzene rings is 1. The maximum atomic E-state index is 6.37. The average molecular weight is 253 g/mol. The van der Waals surface area contributed by atoms with Gasteiger partial charge < -0.3 is 9.47 Å². The van der Waals surface area contributed by atoms with Crippen LogP contribution in [0, 0.1) is 5.92 Å². The second-order valence-electron chi connectivity index (χ2n) is 4.92. The van der Waals surface area contributed by atoms with Gasteiger partial charge in [0.25, 0.3) is 0 Å². The molecule has 0 bridgehead atoms. The summed E-state index contributed by atoms with van der Waals surface area (Å²) >= 11 is 6.37. The highest BCUT2D eigenvalue weighted by atomic mass is 35.5. The molecular formula is C14H17ClO2. The molecule has 3 rings (SSSR count). The molecule has 2 aliphatic heterocycles. The molecule has 2 heterocycles. The molecule has 1 fully saturated rings. The van der Waals surface area contributed by atoms with Crippen LogP contribution in [0.3, 0.4) is 0 Å². The van der Waals surface area contributed by atoms with E-state index in [1.54, 1.807) is 0 Å². The predicted octanol–water partition coefficient (Wildman–Crippen LogP) is 3.20. The van der Waals surface area contributed by atoms with Gasteiger partial charge in [-0.2, -0.15) is 0 Å². The lowest BCUT2D eigenvalue weighted by Crippen LogP contribution is -2.29. The molecule has 1 aromatic rings. The van der Waals surface area contributed by atoms with E-state index < -0.39 is 0 Å². The van der Waals surface area contributed by atoms with Crippen LogP contribution in [0.1, 0.15) is 24.3 Å². The smallest absolute Gasteiger partial charge is 0.122 e. The highest BCUT2D eigenvalue weighted by Crippen LogP contribution is 2.39. The second kappa shape index (κ2) is 4.87. The number of alkyl halides is 1. The third-order valence-electron chi connectivity index (χ3n) is 3.77. The summed E-state index contributed by atoms with van der Waals surface area (Å²) in [5.74, 6) is 1.99. The quantitative estimate of drug-likeness (QED) is 0.753. The Kier molecular flexibility index (Phi) is 3.26. The lowest BCUT2D eigenvalue weighted by atomic mass is 9.87. The molecule has 1 aromatic carbocycles. The fourth-order valence-electron chi connectivity index (χ4n) is 2.78. The molecule has 2 aliphatic rings. The number of para-hydroxylation sites is 1. The van der Waals surface area contributed by atoms with Gasteiger partial charge in [-0.25, -0.2) is 0 Å². The number of hydrogen-bond donors (Lipinski definition) is 0. The van der Waals surface area contributed by atoms with Gasteiger partial charge in [-0.15, -0.1) is 11.6 Å². The van der Waals surface area contributed by atoms with Gasteiger partial charge in [0.15, 0.2) is 0 Å². The average Bonchev–Trinajstić information content (AvgIpc) is 2.76. The number of fused-ring (bicyclic) bond motifs is 1. The Bertz CT molecular complexity index is 394. The van der Waals surface area contributed by atoms with Crippen molar-refractivity contribution in [3.63, 3.8) is 0 Å². The van der Waals surface area contributed by atoms with Gasteiger partial charge in [-0.1, -0.05) is 18.2 Å². The lowest BCUT2D eigenvalue weighted by molar-refractivity contribution is 0.0509. The number of rotatable bonds is 2. The zero-order valence-corrected chi connectivity index (χ0v) is 10.5. The third-order valence-corrected chi connectivity index (χ3v) is 4.34. The third kappa shape index (κ3) is 2.29. The van der Waals surface area contributed by atoms with Crippen molar-refractivity contribution < 1.29 is 9.47 Å². The highest BCUT2D eigenvalue weighted by Gasteiger charge is 2.31. The zero-order chi connectivity index (χ0) is 11.7. The molecule has 0 aromatic heterocycles. The zero-order valence-electron chi connectivity index (χ0n) is 9.77. The van der Waals surface area contributed by atoms with E-state index >= 15 is 0 Å². The molecule has 0 spiro atoms. The predicted molar refractivity (Wildman–Crippen MR) is 67.9 cm³/mol. The first-order valence-corrected chi connectivity index (χ1v) is 6.72. The van der Waals surface area contributed by atoms with Crippen LogP contribution in [-0.4, -0.2) is 25.2 Å². The molecular weight excluding hydrogens is 236 g/mol. The normalized spacial score (nSPS) is 31.9. The van der Waals surface area contributed by atoms with Gasteiger partial charge in [0.1, 0.15) is 5.75 Å². The SMILES string of the molecule is ClC1CCOCC1CC1COc2ccccc21. The van der Waals surface area contributed by atoms with Crippen molar-refractivity contribution in [1.29, 1.82) is 0 Å². The fraction of sp³-hybridized carbons (Fsp3) is 0.571. The molecule has 1 saturated heterocycles. The summed E-state index contributed by atoms with van der Waals surface area (Å²) < 4.78 is 11.2. The van der Waals surface area contributed by atoms with E-state index in [-0.39, 0.29) is 5.38 Å². The first kappa shape index (κ1) is 11.4. The summed E-state index contributed by atoms with van der Waals surface area (Å²) in [5.41, 5.74) is 1.34. The van der Waals surface area contributed by atoms with E-state index in [4.69, 9.17) is 21.1 Å². The van der Waals surface area contributed by atoms with Crippen molar-refractivity contribution in [2.45, 2.75) is 24.1 Å². The van der Waals surface area contributed by atoms with Crippen LogP contribution in [0.5, 0.6) is 5.75 Å². The Morgan fingerprint density at radius 1 is 1.24 bits per heavy atom. The van der Waals surface area contributed by atoms with E-state index in [2.05, 4.69) is 12.1 Å². The monoisotopic (exact) mass is 252 g/mol. The van der Waals surface area contributed by atoms with Gasteiger partial charge in [0.05, 0.1) is 13.2 Å². The Hall–Kier alpha value is -0.730. The topological polar surface area (TPSA) is 18.5 Å². The molecule has 0 amide bonds. The maximum absolute atomic E-state index is 6.37. The summed E-state index contributed by atoms with van der Waals surface area (Å²) in [4.78, 5) is 0. The first-order chi connectivity index (χ1) is 8.34. The van der Waals surface area contributed by atoms with Gasteiger partial charge >= 0.3 is 0 Å². The summed E-state index contributed by atoms with van der Waals surface area (Å²) in [6.07, 6.45) is 2.05. The van der Waals surface area contributed by atoms with E-state index in [1.807, 2.05) is 12.1 Å². The Morgan fingerprint density at radius 3 is 3.00 bits per heavy atom. The second-order valence-corrected chi connectivity index (χ2v) is 5.48. The maximum Gasteiger partial charge on any atom is 0.122 e. The molecule has 2 nitrogen and oxygen atoms in total. The van der Waals surface area contributed by atoms with E-state index in [9.17, 15) is 0 Å². The van der Waals surface area contributed by atoms with E-state index in [1.165, 1.54) is 5.56 Å². The molecule has 3 heteroatoms. The largest absolute Gasteiger partial charge is 0.493 e. The number of halogens is 1. The fourth-order valence-corrected chi connectivity index (χ4v) is 3.04. The molecule has 0 saturated carbocycles. The molecule has 0 aliphatic carbocycles. The number of hydrogen-bond acceptors (Lipinski definition) is 2. The van der Waals surface area contributed by atoms with Crippen molar-refractivity contribution >= 4 is 11.6 Å². The van der Waals surface area contributed by atoms with Gasteiger partial charge in [-0.05, 0) is 24.8 Å². The minimum absolute atomic E-state index is 0.261. The molecule has 3 unspecified atom stereocenters. The van der Waals surface area contributed by atoms with Crippen molar-refractivity contribution in [3.8, 4) is 5.75 Å². The Labute approximate surface area is 107 Å². The number of ether oxygens (including phenoxy) is 2. The van der Waals surface area contributed by atoms with Crippen molar-refractivity contribution in [3.05, 3.63) is 29.8 Å². The Morgan fingerprint density at radius 2 is 2.12 bits per heavy atom. The van der Waals surface area contributed by atoms with Crippen molar-refractivity contribution in [2.24, 2.45) is 5.92 Å². The minimum atomic E-state index is 0.261. The summed E-state index contributed by atoms with van der Waals surface area (Å²) in [5, 5.41) is 0.261. The van der Waals surface area contributed by atoms with Gasteiger partial charge in [-0.3, -0.25) is 0 Å². The van der Waals surface area contributed by atoms with Crippen LogP contribution >= 0.6 is 11.6 Å². The van der Waals surface area contributed by atoms with Crippen LogP contribution in [0.15, 0.2) is 24.3 Å². The van der Waals surface area contributed by atoms with Crippen LogP contribution in [-0.2, 0) is 4.74 Å². The van der Waals surface area contributed by atoms with Gasteiger partial charge in [0, 0.05) is 23.5 Å². The van der Waals surface area contributed by atoms with Crippen LogP contribution in [0.25, 0.3) is 0 Å². The van der Waals surface area contributed by atoms with Crippen LogP contribution in [0.4, 0.5) is 0 Å². The molecule has 17 heavy (non-hydrogen) atoms. The van der Waals surface area contributed by atoms with Crippen LogP contribution in [0.2, 0.25) is 0 Å². The highest BCUT2D eigenvalue weighted by molar-refractivity contribution is 6.20. The van der Waals surface area contributed by atoms with Gasteiger partial charge in [0.2, 0.25) is 0 Å². The standard InChI is InChI=1S/C14H17ClO2/c15-13-5-6-16-8-11(13)7-10-9-17-14-4-2-1-3-12(10)14/h1-4,10-11,13H,5-9H2. The molecule has 3 atom stereocenters.